The van der Waals surface area contributed by atoms with Crippen LogP contribution in [0.5, 0.6) is 0 Å². The SMILES string of the molecule is O=[N+]([O-])c1ccc2c(c1)Sc1ccccc1[S+]2S(=O)(=O)[O-].[Na+]. The van der Waals surface area contributed by atoms with Crippen molar-refractivity contribution in [3.05, 3.63) is 52.6 Å². The first-order chi connectivity index (χ1) is 9.88. The van der Waals surface area contributed by atoms with Gasteiger partial charge < -0.3 is 4.55 Å². The van der Waals surface area contributed by atoms with Crippen molar-refractivity contribution in [2.75, 3.05) is 0 Å². The summed E-state index contributed by atoms with van der Waals surface area (Å²) in [4.78, 5) is 12.1. The summed E-state index contributed by atoms with van der Waals surface area (Å²) >= 11 is 1.23. The van der Waals surface area contributed by atoms with Gasteiger partial charge in [-0.3, -0.25) is 10.1 Å². The van der Waals surface area contributed by atoms with Gasteiger partial charge in [-0.25, -0.2) is 0 Å². The van der Waals surface area contributed by atoms with Gasteiger partial charge in [0, 0.05) is 18.2 Å². The molecule has 0 amide bonds. The molecule has 108 valence electrons. The van der Waals surface area contributed by atoms with Gasteiger partial charge in [-0.05, 0) is 12.1 Å². The first-order valence-electron chi connectivity index (χ1n) is 5.64. The molecule has 0 radical (unpaired) electrons. The number of non-ortho nitro benzene ring substituents is 1. The number of hydrogen-bond acceptors (Lipinski definition) is 6. The third-order valence-electron chi connectivity index (χ3n) is 2.81. The van der Waals surface area contributed by atoms with Crippen molar-refractivity contribution < 1.29 is 47.5 Å². The van der Waals surface area contributed by atoms with Gasteiger partial charge >= 0.3 is 29.6 Å². The first-order valence-corrected chi connectivity index (χ1v) is 9.60. The number of nitro groups is 1. The van der Waals surface area contributed by atoms with Crippen LogP contribution in [0.25, 0.3) is 0 Å². The molecule has 0 N–H and O–H groups in total. The molecule has 0 aromatic heterocycles. The molecular formula is C12H7NNaO5S3+. The number of rotatable bonds is 2. The fourth-order valence-electron chi connectivity index (χ4n) is 1.99. The number of benzene rings is 2. The molecule has 1 atom stereocenters. The van der Waals surface area contributed by atoms with Crippen LogP contribution in [0, 0.1) is 10.1 Å². The van der Waals surface area contributed by atoms with Gasteiger partial charge in [0.1, 0.15) is 0 Å². The standard InChI is InChI=1S/C12H7NO5S3.Na/c14-13(15)8-5-6-12-10(7-8)19-9-3-1-2-4-11(9)20(12)21(16,17)18;/h1-7H;/q;+1. The Kier molecular flexibility index (Phi) is 5.27. The van der Waals surface area contributed by atoms with Gasteiger partial charge in [-0.2, -0.15) is 8.42 Å². The Bertz CT molecular complexity index is 856. The van der Waals surface area contributed by atoms with E-state index in [1.54, 1.807) is 24.3 Å². The maximum Gasteiger partial charge on any atom is 1.00 e. The molecule has 0 bridgehead atoms. The summed E-state index contributed by atoms with van der Waals surface area (Å²) in [6.45, 7) is 0. The average Bonchev–Trinajstić information content (AvgIpc) is 2.42. The van der Waals surface area contributed by atoms with Gasteiger partial charge in [0.25, 0.3) is 14.8 Å². The molecule has 22 heavy (non-hydrogen) atoms. The Morgan fingerprint density at radius 1 is 1.05 bits per heavy atom. The fourth-order valence-corrected chi connectivity index (χ4v) is 7.71. The quantitative estimate of drug-likeness (QED) is 0.179. The van der Waals surface area contributed by atoms with Crippen molar-refractivity contribution in [2.45, 2.75) is 19.6 Å². The van der Waals surface area contributed by atoms with Crippen LogP contribution < -0.4 is 29.6 Å². The van der Waals surface area contributed by atoms with E-state index in [1.165, 1.54) is 30.0 Å². The van der Waals surface area contributed by atoms with E-state index in [4.69, 9.17) is 0 Å². The predicted molar refractivity (Wildman–Crippen MR) is 77.3 cm³/mol. The Balaban J connectivity index is 0.00000176. The van der Waals surface area contributed by atoms with Crippen molar-refractivity contribution in [2.24, 2.45) is 0 Å². The monoisotopic (exact) mass is 364 g/mol. The molecule has 1 aliphatic rings. The largest absolute Gasteiger partial charge is 1.00 e. The predicted octanol–water partition coefficient (Wildman–Crippen LogP) is -0.440. The maximum atomic E-state index is 11.6. The molecule has 3 rings (SSSR count). The third-order valence-corrected chi connectivity index (χ3v) is 8.42. The van der Waals surface area contributed by atoms with Crippen LogP contribution in [-0.2, 0) is 19.1 Å². The van der Waals surface area contributed by atoms with Crippen molar-refractivity contribution >= 4 is 36.5 Å². The van der Waals surface area contributed by atoms with Gasteiger partial charge in [-0.1, -0.05) is 23.9 Å². The molecule has 2 aromatic carbocycles. The number of nitrogens with zero attached hydrogens (tertiary/aromatic N) is 1. The van der Waals surface area contributed by atoms with Gasteiger partial charge in [-0.15, -0.1) is 0 Å². The van der Waals surface area contributed by atoms with Crippen molar-refractivity contribution in [3.63, 3.8) is 0 Å². The Hall–Kier alpha value is -0.550. The van der Waals surface area contributed by atoms with Crippen LogP contribution in [-0.4, -0.2) is 17.9 Å². The Labute approximate surface area is 155 Å². The summed E-state index contributed by atoms with van der Waals surface area (Å²) in [5, 5.41) is 10.8. The van der Waals surface area contributed by atoms with Crippen LogP contribution in [0.3, 0.4) is 0 Å². The molecule has 1 aliphatic heterocycles. The van der Waals surface area contributed by atoms with Crippen LogP contribution >= 0.6 is 11.8 Å². The second-order valence-electron chi connectivity index (χ2n) is 4.11. The molecule has 0 fully saturated rings. The van der Waals surface area contributed by atoms with Gasteiger partial charge in [0.2, 0.25) is 0 Å². The van der Waals surface area contributed by atoms with Gasteiger partial charge in [0.05, 0.1) is 14.7 Å². The molecule has 2 aromatic rings. The van der Waals surface area contributed by atoms with Crippen molar-refractivity contribution in [1.29, 1.82) is 0 Å². The molecule has 6 nitrogen and oxygen atoms in total. The molecule has 1 unspecified atom stereocenters. The zero-order valence-corrected chi connectivity index (χ0v) is 15.7. The fraction of sp³-hybridized carbons (Fsp3) is 0. The molecular weight excluding hydrogens is 357 g/mol. The number of hydrogen-bond donors (Lipinski definition) is 0. The summed E-state index contributed by atoms with van der Waals surface area (Å²) < 4.78 is 34.9. The third kappa shape index (κ3) is 3.21. The summed E-state index contributed by atoms with van der Waals surface area (Å²) in [7, 11) is -6.25. The zero-order chi connectivity index (χ0) is 15.2. The van der Waals surface area contributed by atoms with Crippen molar-refractivity contribution in [3.8, 4) is 0 Å². The summed E-state index contributed by atoms with van der Waals surface area (Å²) in [6, 6.07) is 10.6. The molecule has 10 heteroatoms. The normalized spacial score (nSPS) is 16.1. The van der Waals surface area contributed by atoms with Crippen LogP contribution in [0.15, 0.2) is 62.0 Å². The topological polar surface area (TPSA) is 100 Å². The Morgan fingerprint density at radius 3 is 2.32 bits per heavy atom. The van der Waals surface area contributed by atoms with E-state index in [-0.39, 0.29) is 35.2 Å². The first kappa shape index (κ1) is 17.8. The minimum atomic E-state index is -4.59. The van der Waals surface area contributed by atoms with Crippen LogP contribution in [0.4, 0.5) is 5.69 Å². The number of nitro benzene ring substituents is 1. The van der Waals surface area contributed by atoms with Crippen LogP contribution in [0.1, 0.15) is 0 Å². The van der Waals surface area contributed by atoms with E-state index in [0.717, 1.165) is 0 Å². The van der Waals surface area contributed by atoms with E-state index in [2.05, 4.69) is 0 Å². The number of fused-ring (bicyclic) bond motifs is 2. The summed E-state index contributed by atoms with van der Waals surface area (Å²) in [5.74, 6) is 0. The Morgan fingerprint density at radius 2 is 1.68 bits per heavy atom. The smallest absolute Gasteiger partial charge is 0.706 e. The minimum absolute atomic E-state index is 0. The molecule has 0 spiro atoms. The zero-order valence-electron chi connectivity index (χ0n) is 11.3. The van der Waals surface area contributed by atoms with Gasteiger partial charge in [0.15, 0.2) is 19.7 Å². The van der Waals surface area contributed by atoms with E-state index >= 15 is 0 Å². The van der Waals surface area contributed by atoms with E-state index in [1.807, 2.05) is 0 Å². The van der Waals surface area contributed by atoms with Crippen molar-refractivity contribution in [1.82, 2.24) is 0 Å². The van der Waals surface area contributed by atoms with E-state index < -0.39 is 24.0 Å². The molecule has 0 aliphatic carbocycles. The molecule has 1 heterocycles. The minimum Gasteiger partial charge on any atom is -0.706 e. The van der Waals surface area contributed by atoms with E-state index in [9.17, 15) is 23.1 Å². The molecule has 0 saturated carbocycles. The second-order valence-corrected chi connectivity index (χ2v) is 9.66. The average molecular weight is 364 g/mol. The summed E-state index contributed by atoms with van der Waals surface area (Å²) in [6.07, 6.45) is 0. The second kappa shape index (κ2) is 6.52. The maximum absolute atomic E-state index is 11.6. The summed E-state index contributed by atoms with van der Waals surface area (Å²) in [5.41, 5.74) is -0.132. The molecule has 0 saturated heterocycles. The van der Waals surface area contributed by atoms with E-state index in [0.29, 0.717) is 19.6 Å². The van der Waals surface area contributed by atoms with Crippen LogP contribution in [0.2, 0.25) is 0 Å².